The summed E-state index contributed by atoms with van der Waals surface area (Å²) >= 11 is 0. The number of pyridine rings is 1. The lowest BCUT2D eigenvalue weighted by Gasteiger charge is -2.10. The third-order valence-corrected chi connectivity index (χ3v) is 3.86. The molecule has 0 amide bonds. The Bertz CT molecular complexity index is 459. The fourth-order valence-electron chi connectivity index (χ4n) is 2.07. The lowest BCUT2D eigenvalue weighted by atomic mass is 10.3. The average Bonchev–Trinajstić information content (AvgIpc) is 3.37. The first-order valence-electron chi connectivity index (χ1n) is 8.02. The van der Waals surface area contributed by atoms with Crippen molar-refractivity contribution in [1.82, 2.24) is 4.98 Å². The maximum atomic E-state index is 5.89. The van der Waals surface area contributed by atoms with Crippen LogP contribution in [0, 0.1) is 11.8 Å². The van der Waals surface area contributed by atoms with Crippen molar-refractivity contribution < 1.29 is 9.47 Å². The zero-order valence-electron chi connectivity index (χ0n) is 12.5. The molecule has 1 heterocycles. The van der Waals surface area contributed by atoms with Gasteiger partial charge < -0.3 is 20.5 Å². The molecule has 0 aliphatic heterocycles. The Balaban J connectivity index is 1.36. The fourth-order valence-corrected chi connectivity index (χ4v) is 2.07. The van der Waals surface area contributed by atoms with Gasteiger partial charge in [0.2, 0.25) is 5.88 Å². The summed E-state index contributed by atoms with van der Waals surface area (Å²) in [6, 6.07) is 3.74. The third-order valence-electron chi connectivity index (χ3n) is 3.86. The summed E-state index contributed by atoms with van der Waals surface area (Å²) in [5.74, 6) is 2.91. The van der Waals surface area contributed by atoms with Crippen molar-refractivity contribution in [2.75, 3.05) is 37.4 Å². The highest BCUT2D eigenvalue weighted by Gasteiger charge is 2.22. The number of nitrogens with one attached hydrogen (secondary N) is 1. The summed E-state index contributed by atoms with van der Waals surface area (Å²) < 4.78 is 11.3. The molecule has 2 aliphatic rings. The molecule has 3 rings (SSSR count). The van der Waals surface area contributed by atoms with Gasteiger partial charge in [-0.15, -0.1) is 0 Å². The van der Waals surface area contributed by atoms with Crippen LogP contribution in [0.25, 0.3) is 0 Å². The van der Waals surface area contributed by atoms with Gasteiger partial charge in [-0.05, 0) is 56.1 Å². The second kappa shape index (κ2) is 6.98. The average molecular weight is 291 g/mol. The Hall–Kier alpha value is -1.49. The first kappa shape index (κ1) is 14.4. The second-order valence-corrected chi connectivity index (χ2v) is 6.14. The van der Waals surface area contributed by atoms with Crippen molar-refractivity contribution in [1.29, 1.82) is 0 Å². The van der Waals surface area contributed by atoms with Crippen LogP contribution in [0.2, 0.25) is 0 Å². The number of ether oxygens (including phenoxy) is 2. The van der Waals surface area contributed by atoms with E-state index in [-0.39, 0.29) is 0 Å². The molecule has 1 aromatic rings. The zero-order valence-corrected chi connectivity index (χ0v) is 12.5. The van der Waals surface area contributed by atoms with Gasteiger partial charge in [0.25, 0.3) is 0 Å². The summed E-state index contributed by atoms with van der Waals surface area (Å²) in [5, 5.41) is 3.29. The molecule has 0 unspecified atom stereocenters. The lowest BCUT2D eigenvalue weighted by molar-refractivity contribution is 0.124. The predicted octanol–water partition coefficient (Wildman–Crippen LogP) is 2.68. The molecule has 0 bridgehead atoms. The predicted molar refractivity (Wildman–Crippen MR) is 83.5 cm³/mol. The Morgan fingerprint density at radius 2 is 1.90 bits per heavy atom. The van der Waals surface area contributed by atoms with Crippen molar-refractivity contribution in [3.8, 4) is 5.88 Å². The van der Waals surface area contributed by atoms with Crippen LogP contribution in [0.4, 0.5) is 11.5 Å². The molecule has 2 saturated carbocycles. The minimum absolute atomic E-state index is 0.553. The molecule has 5 heteroatoms. The van der Waals surface area contributed by atoms with E-state index in [1.807, 2.05) is 12.1 Å². The number of nitrogen functional groups attached to an aromatic ring is 1. The Morgan fingerprint density at radius 3 is 2.67 bits per heavy atom. The molecular weight excluding hydrogens is 266 g/mol. The monoisotopic (exact) mass is 291 g/mol. The first-order valence-corrected chi connectivity index (χ1v) is 8.02. The molecule has 0 spiro atoms. The van der Waals surface area contributed by atoms with Crippen molar-refractivity contribution in [3.63, 3.8) is 0 Å². The van der Waals surface area contributed by atoms with Gasteiger partial charge in [-0.3, -0.25) is 0 Å². The van der Waals surface area contributed by atoms with Gasteiger partial charge in [-0.1, -0.05) is 0 Å². The normalized spacial score (nSPS) is 17.7. The Kier molecular flexibility index (Phi) is 4.80. The van der Waals surface area contributed by atoms with Crippen molar-refractivity contribution in [2.45, 2.75) is 32.1 Å². The van der Waals surface area contributed by atoms with Crippen LogP contribution < -0.4 is 15.8 Å². The van der Waals surface area contributed by atoms with Gasteiger partial charge in [-0.25, -0.2) is 0 Å². The van der Waals surface area contributed by atoms with E-state index >= 15 is 0 Å². The summed E-state index contributed by atoms with van der Waals surface area (Å²) in [6.07, 6.45) is 6.20. The molecule has 0 atom stereocenters. The highest BCUT2D eigenvalue weighted by Crippen LogP contribution is 2.31. The first-order chi connectivity index (χ1) is 10.3. The largest absolute Gasteiger partial charge is 0.476 e. The maximum absolute atomic E-state index is 5.89. The third kappa shape index (κ3) is 5.08. The van der Waals surface area contributed by atoms with E-state index < -0.39 is 0 Å². The maximum Gasteiger partial charge on any atom is 0.239 e. The summed E-state index contributed by atoms with van der Waals surface area (Å²) in [5.41, 5.74) is 6.49. The SMILES string of the molecule is Nc1ccc(NCCCOCC2CC2)nc1OCC1CC1. The van der Waals surface area contributed by atoms with Gasteiger partial charge in [0.05, 0.1) is 12.3 Å². The summed E-state index contributed by atoms with van der Waals surface area (Å²) in [6.45, 7) is 3.32. The van der Waals surface area contributed by atoms with Crippen LogP contribution in [0.1, 0.15) is 32.1 Å². The number of aromatic nitrogens is 1. The number of hydrogen-bond acceptors (Lipinski definition) is 5. The molecule has 0 radical (unpaired) electrons. The topological polar surface area (TPSA) is 69.4 Å². The summed E-state index contributed by atoms with van der Waals surface area (Å²) in [4.78, 5) is 4.43. The number of nitrogens with two attached hydrogens (primary N) is 1. The highest BCUT2D eigenvalue weighted by atomic mass is 16.5. The van der Waals surface area contributed by atoms with Gasteiger partial charge in [-0.2, -0.15) is 4.98 Å². The van der Waals surface area contributed by atoms with Crippen LogP contribution in [0.5, 0.6) is 5.88 Å². The Labute approximate surface area is 126 Å². The molecule has 2 fully saturated rings. The van der Waals surface area contributed by atoms with Crippen molar-refractivity contribution in [2.24, 2.45) is 11.8 Å². The van der Waals surface area contributed by atoms with E-state index in [0.29, 0.717) is 17.5 Å². The van der Waals surface area contributed by atoms with Crippen LogP contribution in [-0.2, 0) is 4.74 Å². The minimum Gasteiger partial charge on any atom is -0.476 e. The number of anilines is 2. The fraction of sp³-hybridized carbons (Fsp3) is 0.688. The van der Waals surface area contributed by atoms with E-state index in [0.717, 1.165) is 44.5 Å². The van der Waals surface area contributed by atoms with Crippen LogP contribution in [-0.4, -0.2) is 31.3 Å². The number of hydrogen-bond donors (Lipinski definition) is 2. The molecule has 21 heavy (non-hydrogen) atoms. The van der Waals surface area contributed by atoms with E-state index in [4.69, 9.17) is 15.2 Å². The quantitative estimate of drug-likeness (QED) is 0.649. The van der Waals surface area contributed by atoms with Crippen LogP contribution in [0.15, 0.2) is 12.1 Å². The van der Waals surface area contributed by atoms with Crippen LogP contribution in [0.3, 0.4) is 0 Å². The lowest BCUT2D eigenvalue weighted by Crippen LogP contribution is -2.09. The van der Waals surface area contributed by atoms with Crippen molar-refractivity contribution in [3.05, 3.63) is 12.1 Å². The number of nitrogens with zero attached hydrogens (tertiary/aromatic N) is 1. The molecule has 116 valence electrons. The van der Waals surface area contributed by atoms with Crippen LogP contribution >= 0.6 is 0 Å². The molecule has 5 nitrogen and oxygen atoms in total. The second-order valence-electron chi connectivity index (χ2n) is 6.14. The van der Waals surface area contributed by atoms with E-state index in [2.05, 4.69) is 10.3 Å². The van der Waals surface area contributed by atoms with Crippen molar-refractivity contribution >= 4 is 11.5 Å². The molecular formula is C16H25N3O2. The minimum atomic E-state index is 0.553. The van der Waals surface area contributed by atoms with Gasteiger partial charge in [0, 0.05) is 19.8 Å². The number of rotatable bonds is 10. The van der Waals surface area contributed by atoms with E-state index in [1.54, 1.807) is 0 Å². The Morgan fingerprint density at radius 1 is 1.14 bits per heavy atom. The van der Waals surface area contributed by atoms with E-state index in [1.165, 1.54) is 25.7 Å². The summed E-state index contributed by atoms with van der Waals surface area (Å²) in [7, 11) is 0. The molecule has 2 aliphatic carbocycles. The van der Waals surface area contributed by atoms with Gasteiger partial charge in [0.15, 0.2) is 0 Å². The van der Waals surface area contributed by atoms with E-state index in [9.17, 15) is 0 Å². The molecule has 0 aromatic carbocycles. The van der Waals surface area contributed by atoms with Gasteiger partial charge in [0.1, 0.15) is 5.82 Å². The molecule has 3 N–H and O–H groups in total. The highest BCUT2D eigenvalue weighted by molar-refractivity contribution is 5.53. The molecule has 1 aromatic heterocycles. The smallest absolute Gasteiger partial charge is 0.239 e. The molecule has 0 saturated heterocycles. The zero-order chi connectivity index (χ0) is 14.5. The van der Waals surface area contributed by atoms with Gasteiger partial charge >= 0.3 is 0 Å². The standard InChI is InChI=1S/C16H25N3O2/c17-14-6-7-15(19-16(14)21-11-13-4-5-13)18-8-1-9-20-10-12-2-3-12/h6-7,12-13H,1-5,8-11,17H2,(H,18,19).